The van der Waals surface area contributed by atoms with Crippen molar-refractivity contribution >= 4 is 17.4 Å². The highest BCUT2D eigenvalue weighted by atomic mass is 16.1. The van der Waals surface area contributed by atoms with Gasteiger partial charge in [0.1, 0.15) is 5.82 Å². The summed E-state index contributed by atoms with van der Waals surface area (Å²) in [5, 5.41) is 6.03. The Morgan fingerprint density at radius 1 is 1.24 bits per heavy atom. The molecule has 0 radical (unpaired) electrons. The van der Waals surface area contributed by atoms with Crippen LogP contribution in [0.2, 0.25) is 0 Å². The molecule has 0 aromatic carbocycles. The average Bonchev–Trinajstić information content (AvgIpc) is 2.46. The summed E-state index contributed by atoms with van der Waals surface area (Å²) in [4.78, 5) is 18.6. The van der Waals surface area contributed by atoms with E-state index in [1.807, 2.05) is 32.9 Å². The molecule has 5 heteroatoms. The van der Waals surface area contributed by atoms with Gasteiger partial charge in [0.05, 0.1) is 18.4 Å². The van der Waals surface area contributed by atoms with Crippen LogP contribution in [0.1, 0.15) is 40.0 Å². The van der Waals surface area contributed by atoms with Crippen LogP contribution in [0.3, 0.4) is 0 Å². The van der Waals surface area contributed by atoms with Crippen molar-refractivity contribution in [3.8, 4) is 0 Å². The molecule has 1 amide bonds. The number of carbonyl (C=O) groups excluding carboxylic acids is 1. The van der Waals surface area contributed by atoms with Crippen molar-refractivity contribution in [2.45, 2.75) is 45.6 Å². The van der Waals surface area contributed by atoms with Gasteiger partial charge >= 0.3 is 0 Å². The minimum absolute atomic E-state index is 0.0440. The fourth-order valence-electron chi connectivity index (χ4n) is 2.32. The third kappa shape index (κ3) is 5.34. The Hall–Kier alpha value is -1.62. The lowest BCUT2D eigenvalue weighted by Crippen LogP contribution is -2.41. The van der Waals surface area contributed by atoms with Crippen molar-refractivity contribution < 1.29 is 4.79 Å². The SMILES string of the molecule is CC(C)(C)NCC(=O)Nc1ccc(N2CCCCC2)nc1. The monoisotopic (exact) mass is 290 g/mol. The van der Waals surface area contributed by atoms with Crippen LogP contribution in [0.5, 0.6) is 0 Å². The van der Waals surface area contributed by atoms with Crippen LogP contribution >= 0.6 is 0 Å². The molecule has 1 aliphatic rings. The maximum absolute atomic E-state index is 11.8. The minimum Gasteiger partial charge on any atom is -0.357 e. The predicted octanol–water partition coefficient (Wildman–Crippen LogP) is 2.40. The molecular weight excluding hydrogens is 264 g/mol. The summed E-state index contributed by atoms with van der Waals surface area (Å²) in [6.45, 7) is 8.57. The molecule has 2 N–H and O–H groups in total. The van der Waals surface area contributed by atoms with Gasteiger partial charge in [-0.3, -0.25) is 4.79 Å². The maximum atomic E-state index is 11.8. The van der Waals surface area contributed by atoms with Crippen LogP contribution in [0, 0.1) is 0 Å². The van der Waals surface area contributed by atoms with Crippen molar-refractivity contribution in [3.63, 3.8) is 0 Å². The zero-order valence-corrected chi connectivity index (χ0v) is 13.3. The summed E-state index contributed by atoms with van der Waals surface area (Å²) in [6, 6.07) is 3.91. The van der Waals surface area contributed by atoms with E-state index in [0.29, 0.717) is 6.54 Å². The average molecular weight is 290 g/mol. The maximum Gasteiger partial charge on any atom is 0.238 e. The van der Waals surface area contributed by atoms with Crippen LogP contribution in [0.15, 0.2) is 18.3 Å². The molecule has 1 aromatic rings. The van der Waals surface area contributed by atoms with Crippen LogP contribution in [0.25, 0.3) is 0 Å². The molecule has 1 saturated heterocycles. The quantitative estimate of drug-likeness (QED) is 0.894. The number of hydrogen-bond donors (Lipinski definition) is 2. The summed E-state index contributed by atoms with van der Waals surface area (Å²) in [7, 11) is 0. The van der Waals surface area contributed by atoms with E-state index in [1.165, 1.54) is 19.3 Å². The Bertz CT molecular complexity index is 458. The Morgan fingerprint density at radius 2 is 1.95 bits per heavy atom. The Morgan fingerprint density at radius 3 is 2.52 bits per heavy atom. The zero-order valence-electron chi connectivity index (χ0n) is 13.3. The number of piperidine rings is 1. The smallest absolute Gasteiger partial charge is 0.238 e. The summed E-state index contributed by atoms with van der Waals surface area (Å²) < 4.78 is 0. The second-order valence-electron chi connectivity index (χ2n) is 6.60. The first kappa shape index (κ1) is 15.8. The summed E-state index contributed by atoms with van der Waals surface area (Å²) in [6.07, 6.45) is 5.52. The number of pyridine rings is 1. The zero-order chi connectivity index (χ0) is 15.3. The topological polar surface area (TPSA) is 57.3 Å². The molecule has 21 heavy (non-hydrogen) atoms. The van der Waals surface area contributed by atoms with E-state index in [2.05, 4.69) is 20.5 Å². The lowest BCUT2D eigenvalue weighted by atomic mass is 10.1. The van der Waals surface area contributed by atoms with E-state index in [9.17, 15) is 4.79 Å². The van der Waals surface area contributed by atoms with Gasteiger partial charge in [-0.2, -0.15) is 0 Å². The van der Waals surface area contributed by atoms with Crippen LogP contribution in [0.4, 0.5) is 11.5 Å². The number of hydrogen-bond acceptors (Lipinski definition) is 4. The van der Waals surface area contributed by atoms with Gasteiger partial charge in [-0.15, -0.1) is 0 Å². The van der Waals surface area contributed by atoms with E-state index in [-0.39, 0.29) is 11.4 Å². The summed E-state index contributed by atoms with van der Waals surface area (Å²) >= 11 is 0. The molecule has 0 aliphatic carbocycles. The van der Waals surface area contributed by atoms with Crippen molar-refractivity contribution in [1.82, 2.24) is 10.3 Å². The van der Waals surface area contributed by atoms with Crippen molar-refractivity contribution in [1.29, 1.82) is 0 Å². The number of rotatable bonds is 4. The van der Waals surface area contributed by atoms with Crippen molar-refractivity contribution in [2.24, 2.45) is 0 Å². The van der Waals surface area contributed by atoms with Crippen molar-refractivity contribution in [2.75, 3.05) is 29.9 Å². The molecule has 0 unspecified atom stereocenters. The lowest BCUT2D eigenvalue weighted by Gasteiger charge is -2.27. The summed E-state index contributed by atoms with van der Waals surface area (Å²) in [5.41, 5.74) is 0.685. The number of amides is 1. The number of aromatic nitrogens is 1. The Kier molecular flexibility index (Phi) is 5.17. The number of anilines is 2. The highest BCUT2D eigenvalue weighted by Crippen LogP contribution is 2.18. The molecule has 5 nitrogen and oxygen atoms in total. The van der Waals surface area contributed by atoms with E-state index in [4.69, 9.17) is 0 Å². The predicted molar refractivity (Wildman–Crippen MR) is 86.7 cm³/mol. The van der Waals surface area contributed by atoms with Crippen LogP contribution in [-0.2, 0) is 4.79 Å². The van der Waals surface area contributed by atoms with Crippen LogP contribution < -0.4 is 15.5 Å². The first-order valence-corrected chi connectivity index (χ1v) is 7.70. The molecule has 1 aromatic heterocycles. The second-order valence-corrected chi connectivity index (χ2v) is 6.60. The third-order valence-electron chi connectivity index (χ3n) is 3.49. The second kappa shape index (κ2) is 6.89. The van der Waals surface area contributed by atoms with E-state index in [1.54, 1.807) is 6.20 Å². The van der Waals surface area contributed by atoms with Gasteiger partial charge in [-0.1, -0.05) is 0 Å². The molecule has 116 valence electrons. The van der Waals surface area contributed by atoms with E-state index in [0.717, 1.165) is 24.6 Å². The largest absolute Gasteiger partial charge is 0.357 e. The molecule has 0 spiro atoms. The highest BCUT2D eigenvalue weighted by Gasteiger charge is 2.13. The number of nitrogens with one attached hydrogen (secondary N) is 2. The van der Waals surface area contributed by atoms with Crippen LogP contribution in [-0.4, -0.2) is 36.1 Å². The fourth-order valence-corrected chi connectivity index (χ4v) is 2.32. The molecule has 0 atom stereocenters. The molecular formula is C16H26N4O. The number of carbonyl (C=O) groups is 1. The van der Waals surface area contributed by atoms with Gasteiger partial charge < -0.3 is 15.5 Å². The van der Waals surface area contributed by atoms with Crippen molar-refractivity contribution in [3.05, 3.63) is 18.3 Å². The molecule has 1 fully saturated rings. The van der Waals surface area contributed by atoms with Gasteiger partial charge in [0.25, 0.3) is 0 Å². The van der Waals surface area contributed by atoms with Gasteiger partial charge in [-0.05, 0) is 52.2 Å². The van der Waals surface area contributed by atoms with Gasteiger partial charge in [-0.25, -0.2) is 4.98 Å². The normalized spacial score (nSPS) is 15.9. The lowest BCUT2D eigenvalue weighted by molar-refractivity contribution is -0.115. The van der Waals surface area contributed by atoms with E-state index >= 15 is 0 Å². The molecule has 2 heterocycles. The molecule has 0 saturated carbocycles. The third-order valence-corrected chi connectivity index (χ3v) is 3.49. The van der Waals surface area contributed by atoms with E-state index < -0.39 is 0 Å². The standard InChI is InChI=1S/C16H26N4O/c1-16(2,3)18-12-15(21)19-13-7-8-14(17-11-13)20-9-5-4-6-10-20/h7-8,11,18H,4-6,9-10,12H2,1-3H3,(H,19,21). The van der Waals surface area contributed by atoms with Gasteiger partial charge in [0, 0.05) is 18.6 Å². The Labute approximate surface area is 127 Å². The minimum atomic E-state index is -0.0618. The molecule has 2 rings (SSSR count). The first-order valence-electron chi connectivity index (χ1n) is 7.70. The Balaban J connectivity index is 1.85. The molecule has 0 bridgehead atoms. The summed E-state index contributed by atoms with van der Waals surface area (Å²) in [5.74, 6) is 0.956. The van der Waals surface area contributed by atoms with Gasteiger partial charge in [0.2, 0.25) is 5.91 Å². The first-order chi connectivity index (χ1) is 9.94. The highest BCUT2D eigenvalue weighted by molar-refractivity contribution is 5.92. The number of nitrogens with zero attached hydrogens (tertiary/aromatic N) is 2. The van der Waals surface area contributed by atoms with Gasteiger partial charge in [0.15, 0.2) is 0 Å². The molecule has 1 aliphatic heterocycles. The fraction of sp³-hybridized carbons (Fsp3) is 0.625.